The van der Waals surface area contributed by atoms with Gasteiger partial charge in [-0.1, -0.05) is 95.9 Å². The van der Waals surface area contributed by atoms with Crippen molar-refractivity contribution in [2.75, 3.05) is 19.6 Å². The average Bonchev–Trinajstić information content (AvgIpc) is 2.41. The predicted octanol–water partition coefficient (Wildman–Crippen LogP) is 7.65. The molecule has 0 aromatic carbocycles. The third-order valence-corrected chi connectivity index (χ3v) is 4.20. The van der Waals surface area contributed by atoms with Gasteiger partial charge in [0.25, 0.3) is 0 Å². The number of likely N-dealkylation sites (tertiary alicyclic amines) is 1. The zero-order valence-corrected chi connectivity index (χ0v) is 11.5. The summed E-state index contributed by atoms with van der Waals surface area (Å²) in [6.07, 6.45) is 13.2. The lowest BCUT2D eigenvalue weighted by atomic mass is 9.88. The summed E-state index contributed by atoms with van der Waals surface area (Å²) in [5.74, 6) is 1.09. The normalized spacial score (nSPS) is 18.0. The van der Waals surface area contributed by atoms with Crippen molar-refractivity contribution in [1.82, 2.24) is 4.90 Å². The zero-order valence-electron chi connectivity index (χ0n) is 11.5. The van der Waals surface area contributed by atoms with Crippen LogP contribution in [0.25, 0.3) is 0 Å². The number of piperidine rings is 1. The second-order valence-electron chi connectivity index (χ2n) is 5.41. The fraction of sp³-hybridized carbons (Fsp3) is 1.00. The van der Waals surface area contributed by atoms with Gasteiger partial charge in [-0.25, -0.2) is 0 Å². The maximum atomic E-state index is 2.52. The van der Waals surface area contributed by atoms with Gasteiger partial charge in [0.15, 0.2) is 0 Å². The fourth-order valence-electron chi connectivity index (χ4n) is 2.87. The van der Waals surface area contributed by atoms with Gasteiger partial charge in [-0.2, -0.15) is 0 Å². The SMILES string of the molecule is C.C.C.C.C.CCC1CCCCC1.CCN1CCCCC1. The van der Waals surface area contributed by atoms with Crippen LogP contribution >= 0.6 is 0 Å². The summed E-state index contributed by atoms with van der Waals surface area (Å²) < 4.78 is 0. The Morgan fingerprint density at radius 2 is 1.10 bits per heavy atom. The monoisotopic (exact) mass is 305 g/mol. The van der Waals surface area contributed by atoms with E-state index in [0.29, 0.717) is 0 Å². The van der Waals surface area contributed by atoms with Gasteiger partial charge in [-0.05, 0) is 38.4 Å². The molecule has 0 aromatic rings. The molecule has 1 aliphatic heterocycles. The van der Waals surface area contributed by atoms with Crippen LogP contribution in [-0.2, 0) is 0 Å². The largest absolute Gasteiger partial charge is 0.304 e. The lowest BCUT2D eigenvalue weighted by Gasteiger charge is -2.24. The molecule has 0 amide bonds. The second kappa shape index (κ2) is 22.2. The maximum Gasteiger partial charge on any atom is -0.00188 e. The van der Waals surface area contributed by atoms with Crippen molar-refractivity contribution < 1.29 is 0 Å². The third kappa shape index (κ3) is 16.2. The van der Waals surface area contributed by atoms with E-state index in [0.717, 1.165) is 5.92 Å². The fourth-order valence-corrected chi connectivity index (χ4v) is 2.87. The summed E-state index contributed by atoms with van der Waals surface area (Å²) >= 11 is 0. The van der Waals surface area contributed by atoms with Gasteiger partial charge in [-0.3, -0.25) is 0 Å². The van der Waals surface area contributed by atoms with Crippen LogP contribution < -0.4 is 0 Å². The molecule has 0 spiro atoms. The van der Waals surface area contributed by atoms with Crippen LogP contribution in [0.1, 0.15) is 109 Å². The Balaban J connectivity index is -0.0000000656. The summed E-state index contributed by atoms with van der Waals surface area (Å²) in [7, 11) is 0. The Morgan fingerprint density at radius 1 is 0.667 bits per heavy atom. The minimum absolute atomic E-state index is 0. The van der Waals surface area contributed by atoms with Gasteiger partial charge >= 0.3 is 0 Å². The highest BCUT2D eigenvalue weighted by Gasteiger charge is 2.09. The number of nitrogens with zero attached hydrogens (tertiary/aromatic N) is 1. The summed E-state index contributed by atoms with van der Waals surface area (Å²) in [6, 6.07) is 0. The van der Waals surface area contributed by atoms with Gasteiger partial charge in [0.1, 0.15) is 0 Å². The van der Waals surface area contributed by atoms with Gasteiger partial charge in [0, 0.05) is 0 Å². The molecular formula is C20H51N. The Morgan fingerprint density at radius 3 is 1.38 bits per heavy atom. The molecule has 2 rings (SSSR count). The van der Waals surface area contributed by atoms with Gasteiger partial charge in [0.2, 0.25) is 0 Å². The molecule has 1 saturated carbocycles. The van der Waals surface area contributed by atoms with Crippen molar-refractivity contribution in [3.63, 3.8) is 0 Å². The average molecular weight is 306 g/mol. The highest BCUT2D eigenvalue weighted by atomic mass is 15.1. The standard InChI is InChI=1S/C8H16.C7H15N.5CH4/c2*1-2-8-6-4-3-5-7-8;;;;;/h8H,2-7H2,1H3;2-7H2,1H3;5*1H4. The molecule has 0 atom stereocenters. The molecule has 1 nitrogen and oxygen atoms in total. The molecule has 1 aliphatic carbocycles. The molecule has 0 unspecified atom stereocenters. The molecule has 0 bridgehead atoms. The van der Waals surface area contributed by atoms with Gasteiger partial charge in [-0.15, -0.1) is 0 Å². The van der Waals surface area contributed by atoms with Crippen LogP contribution in [0.4, 0.5) is 0 Å². The van der Waals surface area contributed by atoms with Crippen LogP contribution in [0.2, 0.25) is 0 Å². The van der Waals surface area contributed by atoms with Gasteiger partial charge in [0.05, 0.1) is 0 Å². The van der Waals surface area contributed by atoms with Crippen molar-refractivity contribution in [2.24, 2.45) is 5.92 Å². The molecule has 2 aliphatic rings. The Kier molecular flexibility index (Phi) is 34.7. The number of hydrogen-bond acceptors (Lipinski definition) is 1. The molecule has 1 heterocycles. The lowest BCUT2D eigenvalue weighted by molar-refractivity contribution is 0.240. The first kappa shape index (κ1) is 32.8. The first-order chi connectivity index (χ1) is 7.86. The number of hydrogen-bond donors (Lipinski definition) is 0. The van der Waals surface area contributed by atoms with E-state index in [2.05, 4.69) is 18.7 Å². The summed E-state index contributed by atoms with van der Waals surface area (Å²) in [6.45, 7) is 8.49. The van der Waals surface area contributed by atoms with Crippen molar-refractivity contribution in [3.05, 3.63) is 0 Å². The van der Waals surface area contributed by atoms with Crippen LogP contribution in [0.5, 0.6) is 0 Å². The Bertz CT molecular complexity index is 126. The van der Waals surface area contributed by atoms with E-state index < -0.39 is 0 Å². The number of rotatable bonds is 2. The topological polar surface area (TPSA) is 3.24 Å². The first-order valence-electron chi connectivity index (χ1n) is 7.59. The Labute approximate surface area is 139 Å². The molecule has 136 valence electrons. The van der Waals surface area contributed by atoms with E-state index in [1.807, 2.05) is 0 Å². The highest BCUT2D eigenvalue weighted by Crippen LogP contribution is 2.25. The van der Waals surface area contributed by atoms with Crippen molar-refractivity contribution in [1.29, 1.82) is 0 Å². The van der Waals surface area contributed by atoms with Crippen LogP contribution in [0.15, 0.2) is 0 Å². The summed E-state index contributed by atoms with van der Waals surface area (Å²) in [5, 5.41) is 0. The van der Waals surface area contributed by atoms with Crippen LogP contribution in [0.3, 0.4) is 0 Å². The smallest absolute Gasteiger partial charge is 0.00188 e. The molecule has 1 heteroatoms. The van der Waals surface area contributed by atoms with Crippen molar-refractivity contribution in [3.8, 4) is 0 Å². The summed E-state index contributed by atoms with van der Waals surface area (Å²) in [4.78, 5) is 2.52. The van der Waals surface area contributed by atoms with E-state index in [9.17, 15) is 0 Å². The van der Waals surface area contributed by atoms with Gasteiger partial charge < -0.3 is 4.90 Å². The van der Waals surface area contributed by atoms with E-state index in [-0.39, 0.29) is 37.1 Å². The highest BCUT2D eigenvalue weighted by molar-refractivity contribution is 4.63. The summed E-state index contributed by atoms with van der Waals surface area (Å²) in [5.41, 5.74) is 0. The minimum Gasteiger partial charge on any atom is -0.304 e. The minimum atomic E-state index is 0. The van der Waals surface area contributed by atoms with Crippen molar-refractivity contribution in [2.45, 2.75) is 109 Å². The molecule has 2 fully saturated rings. The molecule has 0 radical (unpaired) electrons. The molecule has 21 heavy (non-hydrogen) atoms. The third-order valence-electron chi connectivity index (χ3n) is 4.20. The molecule has 1 saturated heterocycles. The van der Waals surface area contributed by atoms with Crippen molar-refractivity contribution >= 4 is 0 Å². The lowest BCUT2D eigenvalue weighted by Crippen LogP contribution is -2.29. The van der Waals surface area contributed by atoms with Crippen LogP contribution in [0, 0.1) is 5.92 Å². The zero-order chi connectivity index (χ0) is 11.6. The first-order valence-corrected chi connectivity index (χ1v) is 7.59. The predicted molar refractivity (Wildman–Crippen MR) is 106 cm³/mol. The van der Waals surface area contributed by atoms with E-state index in [1.165, 1.54) is 77.4 Å². The van der Waals surface area contributed by atoms with E-state index in [4.69, 9.17) is 0 Å². The molecule has 0 aromatic heterocycles. The maximum absolute atomic E-state index is 2.52. The Hall–Kier alpha value is -0.0400. The second-order valence-corrected chi connectivity index (χ2v) is 5.41. The van der Waals surface area contributed by atoms with E-state index >= 15 is 0 Å². The van der Waals surface area contributed by atoms with E-state index in [1.54, 1.807) is 0 Å². The molecule has 0 N–H and O–H groups in total. The molecular weight excluding hydrogens is 254 g/mol. The quantitative estimate of drug-likeness (QED) is 0.506. The van der Waals surface area contributed by atoms with Crippen LogP contribution in [-0.4, -0.2) is 24.5 Å².